The van der Waals surface area contributed by atoms with Crippen molar-refractivity contribution in [2.45, 2.75) is 18.8 Å². The highest BCUT2D eigenvalue weighted by molar-refractivity contribution is 9.08. The zero-order valence-electron chi connectivity index (χ0n) is 9.81. The Morgan fingerprint density at radius 3 is 2.89 bits per heavy atom. The number of hydrogen-bond acceptors (Lipinski definition) is 4. The molecule has 0 aliphatic rings. The van der Waals surface area contributed by atoms with E-state index in [2.05, 4.69) is 36.9 Å². The zero-order valence-corrected chi connectivity index (χ0v) is 12.2. The molecular weight excluding hydrogens is 314 g/mol. The minimum absolute atomic E-state index is 0.119. The fourth-order valence-electron chi connectivity index (χ4n) is 1.53. The van der Waals surface area contributed by atoms with Gasteiger partial charge in [-0.3, -0.25) is 4.79 Å². The van der Waals surface area contributed by atoms with Gasteiger partial charge in [0.25, 0.3) is 5.91 Å². The standard InChI is InChI=1S/C12H12BrN3OS/c1-8-11(18-16-15-8)12(17)14-7-10-4-2-3-9(5-10)6-13/h2-5H,6-7H2,1H3,(H,14,17). The number of hydrogen-bond donors (Lipinski definition) is 1. The largest absolute Gasteiger partial charge is 0.347 e. The lowest BCUT2D eigenvalue weighted by Gasteiger charge is -2.05. The molecule has 4 nitrogen and oxygen atoms in total. The first-order valence-electron chi connectivity index (χ1n) is 5.41. The molecule has 2 aromatic rings. The Hall–Kier alpha value is -1.27. The molecule has 1 N–H and O–H groups in total. The number of amides is 1. The van der Waals surface area contributed by atoms with Crippen LogP contribution in [-0.2, 0) is 11.9 Å². The highest BCUT2D eigenvalue weighted by atomic mass is 79.9. The second-order valence-electron chi connectivity index (χ2n) is 3.82. The summed E-state index contributed by atoms with van der Waals surface area (Å²) < 4.78 is 3.75. The van der Waals surface area contributed by atoms with Crippen LogP contribution in [0.15, 0.2) is 24.3 Å². The molecule has 2 rings (SSSR count). The number of carbonyl (C=O) groups excluding carboxylic acids is 1. The van der Waals surface area contributed by atoms with E-state index < -0.39 is 0 Å². The number of halogens is 1. The van der Waals surface area contributed by atoms with Gasteiger partial charge in [0.15, 0.2) is 0 Å². The summed E-state index contributed by atoms with van der Waals surface area (Å²) >= 11 is 4.53. The average molecular weight is 326 g/mol. The topological polar surface area (TPSA) is 54.9 Å². The summed E-state index contributed by atoms with van der Waals surface area (Å²) in [5, 5.41) is 7.50. The number of benzene rings is 1. The van der Waals surface area contributed by atoms with Crippen molar-refractivity contribution in [1.29, 1.82) is 0 Å². The molecule has 18 heavy (non-hydrogen) atoms. The minimum Gasteiger partial charge on any atom is -0.347 e. The van der Waals surface area contributed by atoms with E-state index in [9.17, 15) is 4.79 Å². The van der Waals surface area contributed by atoms with Gasteiger partial charge in [-0.05, 0) is 29.6 Å². The molecule has 1 aromatic carbocycles. The van der Waals surface area contributed by atoms with Crippen molar-refractivity contribution >= 4 is 33.4 Å². The van der Waals surface area contributed by atoms with Crippen molar-refractivity contribution in [3.8, 4) is 0 Å². The van der Waals surface area contributed by atoms with E-state index in [4.69, 9.17) is 0 Å². The van der Waals surface area contributed by atoms with E-state index in [-0.39, 0.29) is 5.91 Å². The number of nitrogens with zero attached hydrogens (tertiary/aromatic N) is 2. The normalized spacial score (nSPS) is 10.3. The van der Waals surface area contributed by atoms with Crippen LogP contribution >= 0.6 is 27.5 Å². The van der Waals surface area contributed by atoms with E-state index in [1.165, 1.54) is 5.56 Å². The smallest absolute Gasteiger partial charge is 0.265 e. The molecule has 0 saturated heterocycles. The molecule has 1 heterocycles. The Kier molecular flexibility index (Phi) is 4.43. The summed E-state index contributed by atoms with van der Waals surface area (Å²) in [6, 6.07) is 8.08. The molecule has 6 heteroatoms. The summed E-state index contributed by atoms with van der Waals surface area (Å²) in [5.41, 5.74) is 2.94. The number of alkyl halides is 1. The third-order valence-electron chi connectivity index (χ3n) is 2.46. The van der Waals surface area contributed by atoms with Gasteiger partial charge in [0.1, 0.15) is 4.88 Å². The highest BCUT2D eigenvalue weighted by Gasteiger charge is 2.12. The second-order valence-corrected chi connectivity index (χ2v) is 5.14. The Morgan fingerprint density at radius 2 is 2.22 bits per heavy atom. The van der Waals surface area contributed by atoms with Crippen molar-refractivity contribution in [3.63, 3.8) is 0 Å². The fraction of sp³-hybridized carbons (Fsp3) is 0.250. The predicted molar refractivity (Wildman–Crippen MR) is 74.9 cm³/mol. The van der Waals surface area contributed by atoms with E-state index >= 15 is 0 Å². The molecule has 94 valence electrons. The van der Waals surface area contributed by atoms with E-state index in [0.29, 0.717) is 17.1 Å². The SMILES string of the molecule is Cc1nnsc1C(=O)NCc1cccc(CBr)c1. The second kappa shape index (κ2) is 6.06. The van der Waals surface area contributed by atoms with Crippen molar-refractivity contribution in [3.05, 3.63) is 46.0 Å². The van der Waals surface area contributed by atoms with Gasteiger partial charge in [-0.2, -0.15) is 0 Å². The lowest BCUT2D eigenvalue weighted by atomic mass is 10.1. The Labute approximate surface area is 118 Å². The van der Waals surface area contributed by atoms with Gasteiger partial charge in [-0.25, -0.2) is 0 Å². The summed E-state index contributed by atoms with van der Waals surface area (Å²) in [5.74, 6) is -0.119. The lowest BCUT2D eigenvalue weighted by Crippen LogP contribution is -2.22. The molecule has 1 amide bonds. The highest BCUT2D eigenvalue weighted by Crippen LogP contribution is 2.11. The molecule has 0 saturated carbocycles. The zero-order chi connectivity index (χ0) is 13.0. The van der Waals surface area contributed by atoms with Gasteiger partial charge >= 0.3 is 0 Å². The van der Waals surface area contributed by atoms with E-state index in [1.807, 2.05) is 18.2 Å². The molecule has 0 unspecified atom stereocenters. The summed E-state index contributed by atoms with van der Waals surface area (Å²) in [6.45, 7) is 2.29. The first-order valence-corrected chi connectivity index (χ1v) is 7.31. The van der Waals surface area contributed by atoms with Crippen LogP contribution in [0.5, 0.6) is 0 Å². The van der Waals surface area contributed by atoms with Crippen LogP contribution in [0.2, 0.25) is 0 Å². The minimum atomic E-state index is -0.119. The lowest BCUT2D eigenvalue weighted by molar-refractivity contribution is 0.0954. The van der Waals surface area contributed by atoms with Gasteiger partial charge in [-0.1, -0.05) is 44.7 Å². The van der Waals surface area contributed by atoms with Crippen molar-refractivity contribution in [2.75, 3.05) is 0 Å². The van der Waals surface area contributed by atoms with Gasteiger partial charge in [0.05, 0.1) is 5.69 Å². The first-order chi connectivity index (χ1) is 8.70. The Bertz CT molecular complexity index is 556. The van der Waals surface area contributed by atoms with Gasteiger partial charge < -0.3 is 5.32 Å². The van der Waals surface area contributed by atoms with Crippen LogP contribution in [0.3, 0.4) is 0 Å². The molecule has 0 aliphatic carbocycles. The molecule has 0 bridgehead atoms. The number of carbonyl (C=O) groups is 1. The third-order valence-corrected chi connectivity index (χ3v) is 3.93. The van der Waals surface area contributed by atoms with Gasteiger partial charge in [0, 0.05) is 11.9 Å². The molecule has 0 spiro atoms. The quantitative estimate of drug-likeness (QED) is 0.879. The maximum Gasteiger partial charge on any atom is 0.265 e. The maximum absolute atomic E-state index is 11.9. The summed E-state index contributed by atoms with van der Waals surface area (Å²) in [6.07, 6.45) is 0. The summed E-state index contributed by atoms with van der Waals surface area (Å²) in [7, 11) is 0. The maximum atomic E-state index is 11.9. The van der Waals surface area contributed by atoms with Gasteiger partial charge in [0.2, 0.25) is 0 Å². The molecule has 0 aliphatic heterocycles. The first kappa shape index (κ1) is 13.2. The third kappa shape index (κ3) is 3.14. The van der Waals surface area contributed by atoms with Crippen LogP contribution in [0.1, 0.15) is 26.5 Å². The van der Waals surface area contributed by atoms with Crippen LogP contribution in [-0.4, -0.2) is 15.5 Å². The number of aryl methyl sites for hydroxylation is 1. The van der Waals surface area contributed by atoms with Crippen molar-refractivity contribution in [1.82, 2.24) is 14.9 Å². The van der Waals surface area contributed by atoms with E-state index in [1.54, 1.807) is 6.92 Å². The monoisotopic (exact) mass is 325 g/mol. The fourth-order valence-corrected chi connectivity index (χ4v) is 2.45. The molecular formula is C12H12BrN3OS. The van der Waals surface area contributed by atoms with Crippen LogP contribution in [0, 0.1) is 6.92 Å². The number of aromatic nitrogens is 2. The van der Waals surface area contributed by atoms with Gasteiger partial charge in [-0.15, -0.1) is 5.10 Å². The average Bonchev–Trinajstić information content (AvgIpc) is 2.82. The number of rotatable bonds is 4. The summed E-state index contributed by atoms with van der Waals surface area (Å²) in [4.78, 5) is 12.4. The number of nitrogens with one attached hydrogen (secondary N) is 1. The van der Waals surface area contributed by atoms with Crippen molar-refractivity contribution in [2.24, 2.45) is 0 Å². The van der Waals surface area contributed by atoms with Crippen LogP contribution < -0.4 is 5.32 Å². The molecule has 0 fully saturated rings. The predicted octanol–water partition coefficient (Wildman–Crippen LogP) is 2.67. The Morgan fingerprint density at radius 1 is 1.44 bits per heavy atom. The van der Waals surface area contributed by atoms with Crippen molar-refractivity contribution < 1.29 is 4.79 Å². The van der Waals surface area contributed by atoms with Crippen LogP contribution in [0.25, 0.3) is 0 Å². The van der Waals surface area contributed by atoms with Crippen LogP contribution in [0.4, 0.5) is 0 Å². The molecule has 1 aromatic heterocycles. The molecule has 0 atom stereocenters. The molecule has 0 radical (unpaired) electrons. The van der Waals surface area contributed by atoms with E-state index in [0.717, 1.165) is 22.4 Å². The Balaban J connectivity index is 1.99.